The fourth-order valence-corrected chi connectivity index (χ4v) is 1.21. The first-order valence-corrected chi connectivity index (χ1v) is 4.94. The maximum atomic E-state index is 10.8. The first kappa shape index (κ1) is 16.4. The first-order chi connectivity index (χ1) is 8.77. The number of phenols is 1. The highest BCUT2D eigenvalue weighted by Gasteiger charge is 2.26. The number of aliphatic hydroxyl groups excluding tert-OH is 1. The number of aromatic hydroxyl groups is 1. The summed E-state index contributed by atoms with van der Waals surface area (Å²) < 4.78 is 0. The Hall–Kier alpha value is -2.61. The molecular formula is C11H12O8. The summed E-state index contributed by atoms with van der Waals surface area (Å²) in [5.74, 6) is -5.82. The van der Waals surface area contributed by atoms with Crippen LogP contribution in [0.2, 0.25) is 0 Å². The minimum Gasteiger partial charge on any atom is -0.507 e. The van der Waals surface area contributed by atoms with Crippen LogP contribution in [0.5, 0.6) is 5.75 Å². The number of hydrogen-bond acceptors (Lipinski definition) is 5. The van der Waals surface area contributed by atoms with Crippen molar-refractivity contribution in [3.63, 3.8) is 0 Å². The van der Waals surface area contributed by atoms with Crippen LogP contribution in [0.15, 0.2) is 12.1 Å². The Labute approximate surface area is 107 Å². The van der Waals surface area contributed by atoms with Crippen molar-refractivity contribution in [3.05, 3.63) is 28.8 Å². The molecular weight excluding hydrogens is 260 g/mol. The van der Waals surface area contributed by atoms with Crippen molar-refractivity contribution < 1.29 is 39.9 Å². The third kappa shape index (κ3) is 3.96. The van der Waals surface area contributed by atoms with Gasteiger partial charge in [-0.1, -0.05) is 0 Å². The maximum absolute atomic E-state index is 10.8. The van der Waals surface area contributed by atoms with Crippen molar-refractivity contribution in [2.45, 2.75) is 6.92 Å². The van der Waals surface area contributed by atoms with Crippen LogP contribution in [0, 0.1) is 0 Å². The molecule has 0 aliphatic rings. The average molecular weight is 272 g/mol. The molecule has 5 N–H and O–H groups in total. The molecule has 0 amide bonds. The number of carboxylic acids is 3. The summed E-state index contributed by atoms with van der Waals surface area (Å²) in [6.07, 6.45) is 0. The molecule has 104 valence electrons. The van der Waals surface area contributed by atoms with E-state index < -0.39 is 40.3 Å². The molecule has 0 unspecified atom stereocenters. The van der Waals surface area contributed by atoms with E-state index >= 15 is 0 Å². The fraction of sp³-hybridized carbons (Fsp3) is 0.182. The lowest BCUT2D eigenvalue weighted by molar-refractivity contribution is 0.0631. The van der Waals surface area contributed by atoms with Gasteiger partial charge in [-0.2, -0.15) is 0 Å². The first-order valence-electron chi connectivity index (χ1n) is 4.94. The van der Waals surface area contributed by atoms with Gasteiger partial charge in [0.2, 0.25) is 0 Å². The van der Waals surface area contributed by atoms with E-state index in [4.69, 9.17) is 20.4 Å². The van der Waals surface area contributed by atoms with Gasteiger partial charge in [0, 0.05) is 6.61 Å². The van der Waals surface area contributed by atoms with Crippen molar-refractivity contribution in [2.24, 2.45) is 0 Å². The number of benzene rings is 1. The van der Waals surface area contributed by atoms with E-state index in [2.05, 4.69) is 0 Å². The second kappa shape index (κ2) is 6.97. The molecule has 0 bridgehead atoms. The highest BCUT2D eigenvalue weighted by Crippen LogP contribution is 2.24. The molecule has 1 rings (SSSR count). The largest absolute Gasteiger partial charge is 0.507 e. The second-order valence-electron chi connectivity index (χ2n) is 3.11. The molecule has 0 spiro atoms. The normalized spacial score (nSPS) is 9.16. The van der Waals surface area contributed by atoms with Crippen LogP contribution in [0.1, 0.15) is 38.0 Å². The van der Waals surface area contributed by atoms with E-state index in [-0.39, 0.29) is 6.61 Å². The van der Waals surface area contributed by atoms with Crippen molar-refractivity contribution in [3.8, 4) is 5.75 Å². The van der Waals surface area contributed by atoms with Crippen LogP contribution < -0.4 is 0 Å². The standard InChI is InChI=1S/C9H6O7.C2H6O/c10-4-2-1-3(7(11)12)5(8(13)14)6(4)9(15)16;1-2-3/h1-2,10H,(H,11,12)(H,13,14)(H,15,16);3H,2H2,1H3. The predicted molar refractivity (Wildman–Crippen MR) is 61.7 cm³/mol. The lowest BCUT2D eigenvalue weighted by Crippen LogP contribution is -2.14. The number of aromatic carboxylic acids is 3. The molecule has 0 radical (unpaired) electrons. The Kier molecular flexibility index (Phi) is 6.01. The smallest absolute Gasteiger partial charge is 0.340 e. The summed E-state index contributed by atoms with van der Waals surface area (Å²) in [6, 6.07) is 1.65. The van der Waals surface area contributed by atoms with Crippen molar-refractivity contribution in [1.82, 2.24) is 0 Å². The lowest BCUT2D eigenvalue weighted by Gasteiger charge is -2.07. The molecule has 1 aromatic carbocycles. The molecule has 19 heavy (non-hydrogen) atoms. The molecule has 0 fully saturated rings. The monoisotopic (exact) mass is 272 g/mol. The second-order valence-corrected chi connectivity index (χ2v) is 3.11. The van der Waals surface area contributed by atoms with E-state index in [1.165, 1.54) is 0 Å². The summed E-state index contributed by atoms with van der Waals surface area (Å²) >= 11 is 0. The topological polar surface area (TPSA) is 152 Å². The third-order valence-electron chi connectivity index (χ3n) is 1.84. The lowest BCUT2D eigenvalue weighted by atomic mass is 10.00. The Morgan fingerprint density at radius 1 is 0.947 bits per heavy atom. The summed E-state index contributed by atoms with van der Waals surface area (Å²) in [5, 5.41) is 42.8. The van der Waals surface area contributed by atoms with Crippen LogP contribution >= 0.6 is 0 Å². The molecule has 0 atom stereocenters. The van der Waals surface area contributed by atoms with E-state index in [1.807, 2.05) is 0 Å². The molecule has 0 aliphatic heterocycles. The van der Waals surface area contributed by atoms with E-state index in [0.717, 1.165) is 12.1 Å². The molecule has 0 saturated carbocycles. The van der Waals surface area contributed by atoms with Crippen LogP contribution in [0.4, 0.5) is 0 Å². The van der Waals surface area contributed by atoms with Gasteiger partial charge in [0.1, 0.15) is 11.3 Å². The Morgan fingerprint density at radius 2 is 1.37 bits per heavy atom. The minimum atomic E-state index is -1.73. The predicted octanol–water partition coefficient (Wildman–Crippen LogP) is 0.485. The zero-order valence-corrected chi connectivity index (χ0v) is 9.82. The van der Waals surface area contributed by atoms with Crippen LogP contribution in [0.25, 0.3) is 0 Å². The van der Waals surface area contributed by atoms with Gasteiger partial charge >= 0.3 is 17.9 Å². The zero-order valence-electron chi connectivity index (χ0n) is 9.82. The van der Waals surface area contributed by atoms with Crippen LogP contribution in [-0.4, -0.2) is 50.0 Å². The number of aliphatic hydroxyl groups is 1. The molecule has 0 aromatic heterocycles. The molecule has 8 nitrogen and oxygen atoms in total. The average Bonchev–Trinajstić information content (AvgIpc) is 2.28. The highest BCUT2D eigenvalue weighted by atomic mass is 16.4. The molecule has 0 saturated heterocycles. The summed E-state index contributed by atoms with van der Waals surface area (Å²) in [5.41, 5.74) is -2.57. The quantitative estimate of drug-likeness (QED) is 0.532. The Balaban J connectivity index is 0.000000982. The van der Waals surface area contributed by atoms with Gasteiger partial charge in [-0.15, -0.1) is 0 Å². The van der Waals surface area contributed by atoms with Gasteiger partial charge < -0.3 is 25.5 Å². The molecule has 0 aliphatic carbocycles. The van der Waals surface area contributed by atoms with Gasteiger partial charge in [-0.05, 0) is 19.1 Å². The third-order valence-corrected chi connectivity index (χ3v) is 1.84. The van der Waals surface area contributed by atoms with Gasteiger partial charge in [-0.3, -0.25) is 0 Å². The maximum Gasteiger partial charge on any atom is 0.340 e. The Morgan fingerprint density at radius 3 is 1.68 bits per heavy atom. The van der Waals surface area contributed by atoms with Crippen molar-refractivity contribution >= 4 is 17.9 Å². The molecule has 8 heteroatoms. The summed E-state index contributed by atoms with van der Waals surface area (Å²) in [7, 11) is 0. The highest BCUT2D eigenvalue weighted by molar-refractivity contribution is 6.10. The Bertz CT molecular complexity index is 506. The van der Waals surface area contributed by atoms with E-state index in [9.17, 15) is 19.5 Å². The summed E-state index contributed by atoms with van der Waals surface area (Å²) in [4.78, 5) is 32.1. The SMILES string of the molecule is CCO.O=C(O)c1ccc(O)c(C(=O)O)c1C(=O)O. The van der Waals surface area contributed by atoms with Gasteiger partial charge in [0.05, 0.1) is 11.1 Å². The van der Waals surface area contributed by atoms with Gasteiger partial charge in [-0.25, -0.2) is 14.4 Å². The molecule has 1 aromatic rings. The number of carboxylic acid groups (broad SMARTS) is 3. The fourth-order valence-electron chi connectivity index (χ4n) is 1.21. The van der Waals surface area contributed by atoms with Crippen LogP contribution in [-0.2, 0) is 0 Å². The number of carbonyl (C=O) groups is 3. The molecule has 0 heterocycles. The van der Waals surface area contributed by atoms with Crippen LogP contribution in [0.3, 0.4) is 0 Å². The van der Waals surface area contributed by atoms with Gasteiger partial charge in [0.15, 0.2) is 0 Å². The van der Waals surface area contributed by atoms with Crippen molar-refractivity contribution in [2.75, 3.05) is 6.61 Å². The van der Waals surface area contributed by atoms with E-state index in [1.54, 1.807) is 6.92 Å². The zero-order chi connectivity index (χ0) is 15.2. The number of rotatable bonds is 3. The number of hydrogen-bond donors (Lipinski definition) is 5. The van der Waals surface area contributed by atoms with E-state index in [0.29, 0.717) is 0 Å². The van der Waals surface area contributed by atoms with Crippen molar-refractivity contribution in [1.29, 1.82) is 0 Å². The minimum absolute atomic E-state index is 0.250. The summed E-state index contributed by atoms with van der Waals surface area (Å²) in [6.45, 7) is 1.93. The van der Waals surface area contributed by atoms with Gasteiger partial charge in [0.25, 0.3) is 0 Å².